The summed E-state index contributed by atoms with van der Waals surface area (Å²) < 4.78 is 1.79. The van der Waals surface area contributed by atoms with Crippen molar-refractivity contribution in [2.75, 3.05) is 5.32 Å². The predicted molar refractivity (Wildman–Crippen MR) is 77.2 cm³/mol. The number of urea groups is 1. The number of nitrogens with zero attached hydrogens (tertiary/aromatic N) is 2. The molecule has 2 rings (SSSR count). The number of aromatic carboxylic acids is 1. The van der Waals surface area contributed by atoms with Crippen molar-refractivity contribution in [3.63, 3.8) is 0 Å². The highest BCUT2D eigenvalue weighted by Crippen LogP contribution is 2.17. The first-order chi connectivity index (χ1) is 9.97. The Morgan fingerprint density at radius 1 is 1.38 bits per heavy atom. The molecule has 1 heterocycles. The summed E-state index contributed by atoms with van der Waals surface area (Å²) >= 11 is 0. The average molecular weight is 288 g/mol. The second kappa shape index (κ2) is 6.08. The van der Waals surface area contributed by atoms with Gasteiger partial charge in [0.25, 0.3) is 0 Å². The summed E-state index contributed by atoms with van der Waals surface area (Å²) in [7, 11) is 1.82. The summed E-state index contributed by atoms with van der Waals surface area (Å²) in [5, 5.41) is 14.3. The SMILES string of the molecule is Cc1ccc(NC(=O)NCc2nccn2C)c(C(=O)O)c1. The summed E-state index contributed by atoms with van der Waals surface area (Å²) in [6.07, 6.45) is 3.41. The first-order valence-electron chi connectivity index (χ1n) is 6.32. The number of carboxylic acid groups (broad SMARTS) is 1. The van der Waals surface area contributed by atoms with Crippen LogP contribution >= 0.6 is 0 Å². The number of hydrogen-bond acceptors (Lipinski definition) is 3. The molecular weight excluding hydrogens is 272 g/mol. The van der Waals surface area contributed by atoms with Crippen LogP contribution in [-0.2, 0) is 13.6 Å². The molecule has 1 aromatic heterocycles. The van der Waals surface area contributed by atoms with Gasteiger partial charge in [0, 0.05) is 19.4 Å². The molecule has 7 heteroatoms. The van der Waals surface area contributed by atoms with Crippen molar-refractivity contribution < 1.29 is 14.7 Å². The van der Waals surface area contributed by atoms with E-state index < -0.39 is 12.0 Å². The van der Waals surface area contributed by atoms with Crippen molar-refractivity contribution in [3.8, 4) is 0 Å². The van der Waals surface area contributed by atoms with Crippen LogP contribution in [0.5, 0.6) is 0 Å². The largest absolute Gasteiger partial charge is 0.478 e. The minimum absolute atomic E-state index is 0.0575. The molecule has 0 aliphatic carbocycles. The van der Waals surface area contributed by atoms with Crippen molar-refractivity contribution in [2.24, 2.45) is 7.05 Å². The van der Waals surface area contributed by atoms with Crippen LogP contribution in [-0.4, -0.2) is 26.7 Å². The maximum atomic E-state index is 11.8. The molecule has 1 aromatic carbocycles. The number of nitrogens with one attached hydrogen (secondary N) is 2. The standard InChI is InChI=1S/C14H16N4O3/c1-9-3-4-11(10(7-9)13(19)20)17-14(21)16-8-12-15-5-6-18(12)2/h3-7H,8H2,1-2H3,(H,19,20)(H2,16,17,21). The first-order valence-corrected chi connectivity index (χ1v) is 6.32. The third kappa shape index (κ3) is 3.59. The van der Waals surface area contributed by atoms with E-state index in [9.17, 15) is 9.59 Å². The number of amides is 2. The number of aryl methyl sites for hydroxylation is 2. The summed E-state index contributed by atoms with van der Waals surface area (Å²) in [5.74, 6) is -0.384. The Morgan fingerprint density at radius 3 is 2.76 bits per heavy atom. The van der Waals surface area contributed by atoms with E-state index in [1.165, 1.54) is 6.07 Å². The molecule has 0 unspecified atom stereocenters. The fraction of sp³-hybridized carbons (Fsp3) is 0.214. The van der Waals surface area contributed by atoms with Gasteiger partial charge in [-0.3, -0.25) is 0 Å². The Bertz CT molecular complexity index is 679. The monoisotopic (exact) mass is 288 g/mol. The van der Waals surface area contributed by atoms with Crippen molar-refractivity contribution in [1.82, 2.24) is 14.9 Å². The van der Waals surface area contributed by atoms with Gasteiger partial charge >= 0.3 is 12.0 Å². The minimum atomic E-state index is -1.09. The van der Waals surface area contributed by atoms with E-state index in [4.69, 9.17) is 5.11 Å². The number of benzene rings is 1. The van der Waals surface area contributed by atoms with Crippen molar-refractivity contribution in [3.05, 3.63) is 47.5 Å². The number of carbonyl (C=O) groups is 2. The van der Waals surface area contributed by atoms with Gasteiger partial charge in [0.15, 0.2) is 0 Å². The molecule has 2 amide bonds. The smallest absolute Gasteiger partial charge is 0.337 e. The van der Waals surface area contributed by atoms with E-state index in [1.807, 2.05) is 7.05 Å². The topological polar surface area (TPSA) is 96.3 Å². The van der Waals surface area contributed by atoms with Gasteiger partial charge in [-0.05, 0) is 19.1 Å². The third-order valence-electron chi connectivity index (χ3n) is 2.98. The molecule has 0 saturated heterocycles. The predicted octanol–water partition coefficient (Wildman–Crippen LogP) is 1.75. The Kier molecular flexibility index (Phi) is 4.22. The highest BCUT2D eigenvalue weighted by atomic mass is 16.4. The molecule has 7 nitrogen and oxygen atoms in total. The summed E-state index contributed by atoms with van der Waals surface area (Å²) in [4.78, 5) is 27.1. The fourth-order valence-corrected chi connectivity index (χ4v) is 1.84. The Hall–Kier alpha value is -2.83. The number of aromatic nitrogens is 2. The normalized spacial score (nSPS) is 10.2. The van der Waals surface area contributed by atoms with Crippen LogP contribution in [0.3, 0.4) is 0 Å². The molecule has 0 aliphatic rings. The lowest BCUT2D eigenvalue weighted by molar-refractivity contribution is 0.0698. The van der Waals surface area contributed by atoms with Crippen molar-refractivity contribution in [2.45, 2.75) is 13.5 Å². The molecule has 0 atom stereocenters. The van der Waals surface area contributed by atoms with E-state index >= 15 is 0 Å². The van der Waals surface area contributed by atoms with E-state index in [1.54, 1.807) is 36.0 Å². The van der Waals surface area contributed by atoms with E-state index in [2.05, 4.69) is 15.6 Å². The van der Waals surface area contributed by atoms with Crippen LogP contribution in [0, 0.1) is 6.92 Å². The zero-order chi connectivity index (χ0) is 15.4. The van der Waals surface area contributed by atoms with Gasteiger partial charge in [-0.15, -0.1) is 0 Å². The number of carboxylic acids is 1. The van der Waals surface area contributed by atoms with Crippen LogP contribution < -0.4 is 10.6 Å². The van der Waals surface area contributed by atoms with Crippen LogP contribution in [0.15, 0.2) is 30.6 Å². The Morgan fingerprint density at radius 2 is 2.14 bits per heavy atom. The highest BCUT2D eigenvalue weighted by molar-refractivity contribution is 6.00. The molecular formula is C14H16N4O3. The molecule has 0 fully saturated rings. The number of carbonyl (C=O) groups excluding carboxylic acids is 1. The number of hydrogen-bond donors (Lipinski definition) is 3. The zero-order valence-corrected chi connectivity index (χ0v) is 11.8. The molecule has 110 valence electrons. The number of imidazole rings is 1. The van der Waals surface area contributed by atoms with E-state index in [-0.39, 0.29) is 17.8 Å². The van der Waals surface area contributed by atoms with Gasteiger partial charge in [0.2, 0.25) is 0 Å². The number of anilines is 1. The molecule has 21 heavy (non-hydrogen) atoms. The summed E-state index contributed by atoms with van der Waals surface area (Å²) in [6.45, 7) is 2.04. The van der Waals surface area contributed by atoms with Crippen LogP contribution in [0.1, 0.15) is 21.7 Å². The van der Waals surface area contributed by atoms with Gasteiger partial charge in [-0.1, -0.05) is 11.6 Å². The van der Waals surface area contributed by atoms with Crippen LogP contribution in [0.2, 0.25) is 0 Å². The quantitative estimate of drug-likeness (QED) is 0.798. The van der Waals surface area contributed by atoms with Crippen molar-refractivity contribution in [1.29, 1.82) is 0 Å². The van der Waals surface area contributed by atoms with Gasteiger partial charge < -0.3 is 20.3 Å². The molecule has 0 saturated carbocycles. The fourth-order valence-electron chi connectivity index (χ4n) is 1.84. The maximum absolute atomic E-state index is 11.8. The molecule has 2 aromatic rings. The Labute approximate surface area is 121 Å². The average Bonchev–Trinajstić information content (AvgIpc) is 2.84. The van der Waals surface area contributed by atoms with Gasteiger partial charge in [0.1, 0.15) is 5.82 Å². The number of rotatable bonds is 4. The summed E-state index contributed by atoms with van der Waals surface area (Å²) in [5.41, 5.74) is 1.12. The molecule has 0 aliphatic heterocycles. The third-order valence-corrected chi connectivity index (χ3v) is 2.98. The van der Waals surface area contributed by atoms with E-state index in [0.29, 0.717) is 5.82 Å². The lowest BCUT2D eigenvalue weighted by atomic mass is 10.1. The second-order valence-corrected chi connectivity index (χ2v) is 4.62. The molecule has 3 N–H and O–H groups in total. The highest BCUT2D eigenvalue weighted by Gasteiger charge is 2.12. The molecule has 0 bridgehead atoms. The van der Waals surface area contributed by atoms with Crippen LogP contribution in [0.25, 0.3) is 0 Å². The van der Waals surface area contributed by atoms with Crippen molar-refractivity contribution >= 4 is 17.7 Å². The van der Waals surface area contributed by atoms with Gasteiger partial charge in [-0.2, -0.15) is 0 Å². The zero-order valence-electron chi connectivity index (χ0n) is 11.8. The van der Waals surface area contributed by atoms with Gasteiger partial charge in [0.05, 0.1) is 17.8 Å². The lowest BCUT2D eigenvalue weighted by Gasteiger charge is -2.10. The lowest BCUT2D eigenvalue weighted by Crippen LogP contribution is -2.29. The second-order valence-electron chi connectivity index (χ2n) is 4.62. The minimum Gasteiger partial charge on any atom is -0.478 e. The van der Waals surface area contributed by atoms with E-state index in [0.717, 1.165) is 5.56 Å². The Balaban J connectivity index is 2.03. The summed E-state index contributed by atoms with van der Waals surface area (Å²) in [6, 6.07) is 4.33. The maximum Gasteiger partial charge on any atom is 0.337 e. The molecule has 0 radical (unpaired) electrons. The van der Waals surface area contributed by atoms with Gasteiger partial charge in [-0.25, -0.2) is 14.6 Å². The first kappa shape index (κ1) is 14.6. The molecule has 0 spiro atoms. The van der Waals surface area contributed by atoms with Crippen LogP contribution in [0.4, 0.5) is 10.5 Å².